The second kappa shape index (κ2) is 8.17. The molecule has 1 heterocycles. The summed E-state index contributed by atoms with van der Waals surface area (Å²) in [6, 6.07) is 15.7. The molecule has 1 aliphatic heterocycles. The lowest BCUT2D eigenvalue weighted by atomic mass is 9.86. The Bertz CT molecular complexity index is 842. The van der Waals surface area contributed by atoms with Gasteiger partial charge in [-0.2, -0.15) is 0 Å². The van der Waals surface area contributed by atoms with Gasteiger partial charge in [0.15, 0.2) is 0 Å². The molecule has 1 N–H and O–H groups in total. The monoisotopic (exact) mass is 378 g/mol. The molecule has 1 fully saturated rings. The van der Waals surface area contributed by atoms with Gasteiger partial charge in [-0.1, -0.05) is 45.0 Å². The van der Waals surface area contributed by atoms with Gasteiger partial charge in [-0.05, 0) is 60.6 Å². The third kappa shape index (κ3) is 4.80. The second-order valence-electron chi connectivity index (χ2n) is 8.75. The maximum atomic E-state index is 12.8. The van der Waals surface area contributed by atoms with Crippen molar-refractivity contribution in [3.05, 3.63) is 65.2 Å². The highest BCUT2D eigenvalue weighted by atomic mass is 16.2. The van der Waals surface area contributed by atoms with E-state index in [2.05, 4.69) is 26.1 Å². The Morgan fingerprint density at radius 1 is 1.00 bits per heavy atom. The summed E-state index contributed by atoms with van der Waals surface area (Å²) < 4.78 is 0. The number of piperidine rings is 1. The van der Waals surface area contributed by atoms with Gasteiger partial charge in [0.2, 0.25) is 5.91 Å². The lowest BCUT2D eigenvalue weighted by Gasteiger charge is -2.31. The minimum absolute atomic E-state index is 0.0483. The van der Waals surface area contributed by atoms with E-state index in [9.17, 15) is 9.59 Å². The molecule has 2 amide bonds. The van der Waals surface area contributed by atoms with Crippen LogP contribution in [0.4, 0.5) is 5.69 Å². The first kappa shape index (κ1) is 20.1. The smallest absolute Gasteiger partial charge is 0.253 e. The van der Waals surface area contributed by atoms with Crippen LogP contribution < -0.4 is 5.32 Å². The Morgan fingerprint density at radius 3 is 2.21 bits per heavy atom. The molecule has 1 saturated heterocycles. The van der Waals surface area contributed by atoms with E-state index >= 15 is 0 Å². The van der Waals surface area contributed by atoms with E-state index in [1.54, 1.807) is 0 Å². The van der Waals surface area contributed by atoms with Gasteiger partial charge in [0, 0.05) is 30.3 Å². The predicted octanol–water partition coefficient (Wildman–Crippen LogP) is 4.78. The van der Waals surface area contributed by atoms with Gasteiger partial charge in [-0.15, -0.1) is 0 Å². The van der Waals surface area contributed by atoms with Gasteiger partial charge < -0.3 is 10.2 Å². The van der Waals surface area contributed by atoms with Crippen LogP contribution in [-0.4, -0.2) is 29.8 Å². The maximum absolute atomic E-state index is 12.8. The van der Waals surface area contributed by atoms with E-state index < -0.39 is 0 Å². The fourth-order valence-electron chi connectivity index (χ4n) is 3.61. The van der Waals surface area contributed by atoms with Crippen molar-refractivity contribution in [2.24, 2.45) is 5.92 Å². The molecule has 2 aromatic rings. The minimum Gasteiger partial charge on any atom is -0.339 e. The molecular weight excluding hydrogens is 348 g/mol. The largest absolute Gasteiger partial charge is 0.339 e. The first-order valence-corrected chi connectivity index (χ1v) is 10.0. The van der Waals surface area contributed by atoms with E-state index in [4.69, 9.17) is 0 Å². The van der Waals surface area contributed by atoms with Gasteiger partial charge in [-0.3, -0.25) is 9.59 Å². The molecule has 0 atom stereocenters. The third-order valence-corrected chi connectivity index (χ3v) is 5.44. The lowest BCUT2D eigenvalue weighted by Crippen LogP contribution is -2.41. The number of anilines is 1. The summed E-state index contributed by atoms with van der Waals surface area (Å²) in [5.74, 6) is 0.0538. The number of rotatable bonds is 3. The first-order valence-electron chi connectivity index (χ1n) is 10.0. The molecule has 2 aromatic carbocycles. The number of hydrogen-bond acceptors (Lipinski definition) is 2. The fourth-order valence-corrected chi connectivity index (χ4v) is 3.61. The van der Waals surface area contributed by atoms with Crippen molar-refractivity contribution in [1.29, 1.82) is 0 Å². The van der Waals surface area contributed by atoms with Crippen molar-refractivity contribution < 1.29 is 9.59 Å². The molecule has 0 radical (unpaired) electrons. The van der Waals surface area contributed by atoms with Crippen molar-refractivity contribution in [3.63, 3.8) is 0 Å². The van der Waals surface area contributed by atoms with Gasteiger partial charge in [0.05, 0.1) is 0 Å². The topological polar surface area (TPSA) is 49.4 Å². The first-order chi connectivity index (χ1) is 13.2. The maximum Gasteiger partial charge on any atom is 0.253 e. The van der Waals surface area contributed by atoms with Crippen LogP contribution in [0.5, 0.6) is 0 Å². The highest BCUT2D eigenvalue weighted by Gasteiger charge is 2.28. The van der Waals surface area contributed by atoms with E-state index in [0.717, 1.165) is 16.8 Å². The number of aryl methyl sites for hydroxylation is 1. The number of benzene rings is 2. The molecule has 4 heteroatoms. The number of nitrogens with one attached hydrogen (secondary N) is 1. The summed E-state index contributed by atoms with van der Waals surface area (Å²) >= 11 is 0. The van der Waals surface area contributed by atoms with Crippen LogP contribution in [-0.2, 0) is 10.2 Å². The molecule has 28 heavy (non-hydrogen) atoms. The summed E-state index contributed by atoms with van der Waals surface area (Å²) in [6.07, 6.45) is 1.40. The zero-order valence-corrected chi connectivity index (χ0v) is 17.3. The van der Waals surface area contributed by atoms with Gasteiger partial charge in [-0.25, -0.2) is 0 Å². The van der Waals surface area contributed by atoms with E-state index in [-0.39, 0.29) is 23.1 Å². The Balaban J connectivity index is 1.56. The van der Waals surface area contributed by atoms with Crippen molar-refractivity contribution in [2.75, 3.05) is 18.4 Å². The number of hydrogen-bond donors (Lipinski definition) is 1. The fraction of sp³-hybridized carbons (Fsp3) is 0.417. The van der Waals surface area contributed by atoms with Crippen LogP contribution in [0.1, 0.15) is 55.1 Å². The molecule has 0 aromatic heterocycles. The zero-order chi connectivity index (χ0) is 20.3. The molecule has 3 rings (SSSR count). The van der Waals surface area contributed by atoms with Crippen LogP contribution in [0, 0.1) is 12.8 Å². The molecule has 0 aliphatic carbocycles. The summed E-state index contributed by atoms with van der Waals surface area (Å²) in [5, 5.41) is 3.01. The number of nitrogens with zero attached hydrogens (tertiary/aromatic N) is 1. The summed E-state index contributed by atoms with van der Waals surface area (Å²) in [4.78, 5) is 27.2. The molecule has 0 saturated carbocycles. The Labute approximate surface area is 167 Å². The average molecular weight is 379 g/mol. The number of likely N-dealkylation sites (tertiary alicyclic amines) is 1. The molecule has 0 spiro atoms. The molecule has 4 nitrogen and oxygen atoms in total. The van der Waals surface area contributed by atoms with Gasteiger partial charge in [0.25, 0.3) is 5.91 Å². The SMILES string of the molecule is Cc1cccc(NC(=O)C2CCN(C(=O)c3ccc(C(C)(C)C)cc3)CC2)c1. The molecule has 0 unspecified atom stereocenters. The molecular formula is C24H30N2O2. The van der Waals surface area contributed by atoms with E-state index in [1.165, 1.54) is 5.56 Å². The van der Waals surface area contributed by atoms with Crippen molar-refractivity contribution >= 4 is 17.5 Å². The van der Waals surface area contributed by atoms with Crippen molar-refractivity contribution in [3.8, 4) is 0 Å². The van der Waals surface area contributed by atoms with Crippen LogP contribution in [0.2, 0.25) is 0 Å². The highest BCUT2D eigenvalue weighted by Crippen LogP contribution is 2.24. The van der Waals surface area contributed by atoms with Crippen LogP contribution in [0.3, 0.4) is 0 Å². The zero-order valence-electron chi connectivity index (χ0n) is 17.3. The van der Waals surface area contributed by atoms with Gasteiger partial charge >= 0.3 is 0 Å². The van der Waals surface area contributed by atoms with E-state index in [0.29, 0.717) is 25.9 Å². The van der Waals surface area contributed by atoms with Crippen LogP contribution in [0.15, 0.2) is 48.5 Å². The normalized spacial score (nSPS) is 15.4. The Hall–Kier alpha value is -2.62. The van der Waals surface area contributed by atoms with E-state index in [1.807, 2.05) is 60.4 Å². The standard InChI is InChI=1S/C24H30N2O2/c1-17-6-5-7-21(16-17)25-22(27)18-12-14-26(15-13-18)23(28)19-8-10-20(11-9-19)24(2,3)4/h5-11,16,18H,12-15H2,1-4H3,(H,25,27). The second-order valence-corrected chi connectivity index (χ2v) is 8.75. The lowest BCUT2D eigenvalue weighted by molar-refractivity contribution is -0.121. The summed E-state index contributed by atoms with van der Waals surface area (Å²) in [5.41, 5.74) is 3.97. The Kier molecular flexibility index (Phi) is 5.87. The quantitative estimate of drug-likeness (QED) is 0.835. The minimum atomic E-state index is -0.0483. The van der Waals surface area contributed by atoms with Crippen molar-refractivity contribution in [2.45, 2.75) is 46.0 Å². The van der Waals surface area contributed by atoms with Crippen molar-refractivity contribution in [1.82, 2.24) is 4.90 Å². The number of amides is 2. The number of carbonyl (C=O) groups is 2. The predicted molar refractivity (Wildman–Crippen MR) is 114 cm³/mol. The van der Waals surface area contributed by atoms with Crippen LogP contribution in [0.25, 0.3) is 0 Å². The molecule has 148 valence electrons. The number of carbonyl (C=O) groups excluding carboxylic acids is 2. The molecule has 1 aliphatic rings. The third-order valence-electron chi connectivity index (χ3n) is 5.44. The summed E-state index contributed by atoms with van der Waals surface area (Å²) in [7, 11) is 0. The average Bonchev–Trinajstić information content (AvgIpc) is 2.67. The molecule has 0 bridgehead atoms. The summed E-state index contributed by atoms with van der Waals surface area (Å²) in [6.45, 7) is 9.73. The Morgan fingerprint density at radius 2 is 1.64 bits per heavy atom. The van der Waals surface area contributed by atoms with Gasteiger partial charge in [0.1, 0.15) is 0 Å². The highest BCUT2D eigenvalue weighted by molar-refractivity contribution is 5.95. The van der Waals surface area contributed by atoms with Crippen LogP contribution >= 0.6 is 0 Å².